The largest absolute Gasteiger partial charge is 0.466 e. The molecule has 0 saturated carbocycles. The molecule has 0 aliphatic carbocycles. The van der Waals surface area contributed by atoms with Gasteiger partial charge in [0.1, 0.15) is 24.4 Å². The molecule has 1 rings (SSSR count). The standard InChI is InChI=1S/C66H125NO10/c1-3-5-7-9-11-13-15-33-36-40-44-48-52-59(69)58(57-76-66-65(74)64(73)63(72)60(56-68)77-66)67-61(70)53-49-45-41-37-34-30-28-26-24-22-20-18-16-17-19-21-23-25-27-29-31-35-39-43-47-51-55-75-62(71)54-50-46-42-38-32-14-12-10-8-6-4-2/h33,36,48,52,58-60,63-66,68-69,72-74H,3-32,34-35,37-47,49-51,53-57H2,1-2H3,(H,67,70)/b36-33+,52-48+. The molecule has 6 N–H and O–H groups in total. The van der Waals surface area contributed by atoms with Crippen LogP contribution in [0.15, 0.2) is 24.3 Å². The SMILES string of the molecule is CCCCCCCC/C=C/CC/C=C/C(O)C(COC1OC(CO)C(O)C(O)C1O)NC(=O)CCCCCCCCCCCCCCCCCCCCCCCCCCCCOC(=O)CCCCCCCCCCCCC. The van der Waals surface area contributed by atoms with Gasteiger partial charge in [0.05, 0.1) is 32.0 Å². The van der Waals surface area contributed by atoms with Crippen molar-refractivity contribution in [2.24, 2.45) is 0 Å². The zero-order chi connectivity index (χ0) is 55.9. The van der Waals surface area contributed by atoms with E-state index in [0.29, 0.717) is 19.4 Å². The van der Waals surface area contributed by atoms with Gasteiger partial charge in [-0.3, -0.25) is 9.59 Å². The van der Waals surface area contributed by atoms with E-state index in [0.717, 1.165) is 57.8 Å². The van der Waals surface area contributed by atoms with E-state index in [1.165, 1.54) is 238 Å². The minimum atomic E-state index is -1.57. The van der Waals surface area contributed by atoms with Gasteiger partial charge in [0.2, 0.25) is 5.91 Å². The number of ether oxygens (including phenoxy) is 3. The van der Waals surface area contributed by atoms with Crippen LogP contribution in [0.3, 0.4) is 0 Å². The first kappa shape index (κ1) is 73.2. The van der Waals surface area contributed by atoms with E-state index in [1.807, 2.05) is 6.08 Å². The minimum Gasteiger partial charge on any atom is -0.466 e. The Morgan fingerprint density at radius 1 is 0.468 bits per heavy atom. The van der Waals surface area contributed by atoms with Crippen LogP contribution in [-0.4, -0.2) is 100 Å². The number of unbranched alkanes of at least 4 members (excludes halogenated alkanes) is 42. The number of rotatable bonds is 58. The third-order valence-electron chi connectivity index (χ3n) is 15.8. The van der Waals surface area contributed by atoms with Crippen molar-refractivity contribution in [3.8, 4) is 0 Å². The van der Waals surface area contributed by atoms with Gasteiger partial charge in [-0.1, -0.05) is 289 Å². The van der Waals surface area contributed by atoms with Crippen molar-refractivity contribution >= 4 is 11.9 Å². The summed E-state index contributed by atoms with van der Waals surface area (Å²) in [7, 11) is 0. The zero-order valence-electron chi connectivity index (χ0n) is 50.2. The number of hydrogen-bond acceptors (Lipinski definition) is 10. The Labute approximate surface area is 473 Å². The number of carbonyl (C=O) groups is 2. The summed E-state index contributed by atoms with van der Waals surface area (Å²) in [5.74, 6) is -0.182. The Bertz CT molecular complexity index is 1330. The van der Waals surface area contributed by atoms with Gasteiger partial charge in [-0.05, 0) is 44.9 Å². The fourth-order valence-electron chi connectivity index (χ4n) is 10.6. The molecule has 77 heavy (non-hydrogen) atoms. The first-order valence-electron chi connectivity index (χ1n) is 33.1. The third kappa shape index (κ3) is 45.4. The summed E-state index contributed by atoms with van der Waals surface area (Å²) in [6, 6.07) is -0.825. The van der Waals surface area contributed by atoms with Crippen LogP contribution in [0.5, 0.6) is 0 Å². The molecule has 1 amide bonds. The van der Waals surface area contributed by atoms with Gasteiger partial charge in [-0.25, -0.2) is 0 Å². The highest BCUT2D eigenvalue weighted by molar-refractivity contribution is 5.76. The van der Waals surface area contributed by atoms with Crippen molar-refractivity contribution in [3.05, 3.63) is 24.3 Å². The van der Waals surface area contributed by atoms with Crippen LogP contribution in [0.4, 0.5) is 0 Å². The lowest BCUT2D eigenvalue weighted by Crippen LogP contribution is -2.60. The fourth-order valence-corrected chi connectivity index (χ4v) is 10.6. The van der Waals surface area contributed by atoms with Gasteiger partial charge >= 0.3 is 5.97 Å². The highest BCUT2D eigenvalue weighted by Crippen LogP contribution is 2.23. The minimum absolute atomic E-state index is 0.00692. The van der Waals surface area contributed by atoms with Crippen LogP contribution >= 0.6 is 0 Å². The summed E-state index contributed by atoms with van der Waals surface area (Å²) < 4.78 is 16.7. The van der Waals surface area contributed by atoms with Crippen molar-refractivity contribution < 1.29 is 49.3 Å². The molecule has 0 bridgehead atoms. The molecule has 454 valence electrons. The lowest BCUT2D eigenvalue weighted by molar-refractivity contribution is -0.302. The molecular weight excluding hydrogens is 967 g/mol. The Morgan fingerprint density at radius 2 is 0.844 bits per heavy atom. The number of allylic oxidation sites excluding steroid dienone is 3. The van der Waals surface area contributed by atoms with Crippen LogP contribution in [0.1, 0.15) is 322 Å². The highest BCUT2D eigenvalue weighted by Gasteiger charge is 2.44. The second kappa shape index (κ2) is 56.0. The van der Waals surface area contributed by atoms with E-state index in [9.17, 15) is 35.1 Å². The van der Waals surface area contributed by atoms with Crippen LogP contribution in [-0.2, 0) is 23.8 Å². The Morgan fingerprint density at radius 3 is 1.29 bits per heavy atom. The lowest BCUT2D eigenvalue weighted by atomic mass is 9.99. The zero-order valence-corrected chi connectivity index (χ0v) is 50.2. The summed E-state index contributed by atoms with van der Waals surface area (Å²) in [5, 5.41) is 54.4. The van der Waals surface area contributed by atoms with E-state index in [-0.39, 0.29) is 18.5 Å². The number of esters is 1. The second-order valence-electron chi connectivity index (χ2n) is 23.2. The molecule has 0 aromatic rings. The predicted molar refractivity (Wildman–Crippen MR) is 320 cm³/mol. The molecule has 0 spiro atoms. The molecule has 1 heterocycles. The molecule has 7 unspecified atom stereocenters. The summed E-state index contributed by atoms with van der Waals surface area (Å²) in [6.07, 6.45) is 58.7. The van der Waals surface area contributed by atoms with Crippen LogP contribution in [0.25, 0.3) is 0 Å². The van der Waals surface area contributed by atoms with Crippen molar-refractivity contribution in [1.82, 2.24) is 5.32 Å². The van der Waals surface area contributed by atoms with Crippen molar-refractivity contribution in [2.75, 3.05) is 19.8 Å². The van der Waals surface area contributed by atoms with Crippen molar-refractivity contribution in [1.29, 1.82) is 0 Å². The molecule has 11 nitrogen and oxygen atoms in total. The topological polar surface area (TPSA) is 175 Å². The second-order valence-corrected chi connectivity index (χ2v) is 23.2. The maximum atomic E-state index is 13.0. The molecular formula is C66H125NO10. The number of aliphatic hydroxyl groups excluding tert-OH is 5. The van der Waals surface area contributed by atoms with Crippen molar-refractivity contribution in [3.63, 3.8) is 0 Å². The molecule has 11 heteroatoms. The summed E-state index contributed by atoms with van der Waals surface area (Å²) in [4.78, 5) is 25.1. The quantitative estimate of drug-likeness (QED) is 0.0195. The van der Waals surface area contributed by atoms with Crippen LogP contribution in [0, 0.1) is 0 Å². The van der Waals surface area contributed by atoms with E-state index >= 15 is 0 Å². The Kier molecular flexibility index (Phi) is 53.2. The van der Waals surface area contributed by atoms with Gasteiger partial charge in [0, 0.05) is 12.8 Å². The Balaban J connectivity index is 1.99. The lowest BCUT2D eigenvalue weighted by Gasteiger charge is -2.40. The molecule has 0 aromatic carbocycles. The Hall–Kier alpha value is -1.86. The van der Waals surface area contributed by atoms with E-state index in [1.54, 1.807) is 6.08 Å². The molecule has 0 radical (unpaired) electrons. The van der Waals surface area contributed by atoms with Gasteiger partial charge in [0.25, 0.3) is 0 Å². The molecule has 1 saturated heterocycles. The normalized spacial score (nSPS) is 18.7. The van der Waals surface area contributed by atoms with Gasteiger partial charge in [-0.2, -0.15) is 0 Å². The summed E-state index contributed by atoms with van der Waals surface area (Å²) in [5.41, 5.74) is 0. The fraction of sp³-hybridized carbons (Fsp3) is 0.909. The monoisotopic (exact) mass is 1090 g/mol. The van der Waals surface area contributed by atoms with E-state index in [4.69, 9.17) is 14.2 Å². The maximum Gasteiger partial charge on any atom is 0.305 e. The summed E-state index contributed by atoms with van der Waals surface area (Å²) in [6.45, 7) is 4.34. The number of hydrogen-bond donors (Lipinski definition) is 6. The first-order valence-corrected chi connectivity index (χ1v) is 33.1. The first-order chi connectivity index (χ1) is 37.7. The van der Waals surface area contributed by atoms with Crippen LogP contribution < -0.4 is 5.32 Å². The molecule has 1 aliphatic heterocycles. The predicted octanol–water partition coefficient (Wildman–Crippen LogP) is 16.1. The highest BCUT2D eigenvalue weighted by atomic mass is 16.7. The molecule has 1 fully saturated rings. The molecule has 7 atom stereocenters. The number of amides is 1. The third-order valence-corrected chi connectivity index (χ3v) is 15.8. The van der Waals surface area contributed by atoms with Crippen LogP contribution in [0.2, 0.25) is 0 Å². The summed E-state index contributed by atoms with van der Waals surface area (Å²) >= 11 is 0. The average Bonchev–Trinajstić information content (AvgIpc) is 3.43. The van der Waals surface area contributed by atoms with Gasteiger partial charge < -0.3 is 45.1 Å². The molecule has 1 aliphatic rings. The number of aliphatic hydroxyl groups is 5. The smallest absolute Gasteiger partial charge is 0.305 e. The van der Waals surface area contributed by atoms with Crippen molar-refractivity contribution in [2.45, 2.75) is 365 Å². The molecule has 0 aromatic heterocycles. The van der Waals surface area contributed by atoms with Gasteiger partial charge in [0.15, 0.2) is 6.29 Å². The number of carbonyl (C=O) groups excluding carboxylic acids is 2. The maximum absolute atomic E-state index is 13.0. The van der Waals surface area contributed by atoms with E-state index in [2.05, 4.69) is 31.3 Å². The van der Waals surface area contributed by atoms with Gasteiger partial charge in [-0.15, -0.1) is 0 Å². The number of nitrogens with one attached hydrogen (secondary N) is 1. The van der Waals surface area contributed by atoms with E-state index < -0.39 is 49.5 Å². The average molecular weight is 1090 g/mol.